The summed E-state index contributed by atoms with van der Waals surface area (Å²) in [4.78, 5) is 6.49. The first kappa shape index (κ1) is 24.3. The van der Waals surface area contributed by atoms with Gasteiger partial charge in [-0.1, -0.05) is 36.2 Å². The highest BCUT2D eigenvalue weighted by Crippen LogP contribution is 2.34. The summed E-state index contributed by atoms with van der Waals surface area (Å²) in [5, 5.41) is 10.8. The summed E-state index contributed by atoms with van der Waals surface area (Å²) in [5.74, 6) is 6.92. The van der Waals surface area contributed by atoms with Gasteiger partial charge in [0.1, 0.15) is 17.2 Å². The van der Waals surface area contributed by atoms with Crippen LogP contribution in [0.2, 0.25) is 5.02 Å². The quantitative estimate of drug-likeness (QED) is 0.443. The van der Waals surface area contributed by atoms with Crippen molar-refractivity contribution >= 4 is 17.2 Å². The van der Waals surface area contributed by atoms with Gasteiger partial charge in [0.2, 0.25) is 0 Å². The number of likely N-dealkylation sites (tertiary alicyclic amines) is 1. The summed E-state index contributed by atoms with van der Waals surface area (Å²) in [7, 11) is 0. The van der Waals surface area contributed by atoms with Gasteiger partial charge in [0.15, 0.2) is 5.82 Å². The molecule has 5 rings (SSSR count). The molecule has 2 aliphatic rings. The van der Waals surface area contributed by atoms with E-state index in [1.807, 2.05) is 43.3 Å². The lowest BCUT2D eigenvalue weighted by molar-refractivity contribution is -0.00474. The number of aromatic nitrogens is 1. The van der Waals surface area contributed by atoms with Crippen LogP contribution in [0.4, 0.5) is 4.39 Å². The maximum absolute atomic E-state index is 14.7. The molecule has 3 aromatic rings. The third-order valence-electron chi connectivity index (χ3n) is 6.56. The SMILES string of the molecule is C=C1C=C(CN2CCC(C)(O)CC2)Oc2ccc(C#Cc3ncc(-c4ccc(Cl)cc4)cc3F)cc21. The number of rotatable bonds is 3. The lowest BCUT2D eigenvalue weighted by Crippen LogP contribution is -2.43. The van der Waals surface area contributed by atoms with Crippen LogP contribution in [0.25, 0.3) is 16.7 Å². The minimum absolute atomic E-state index is 0.0863. The van der Waals surface area contributed by atoms with Crippen molar-refractivity contribution in [2.75, 3.05) is 19.6 Å². The van der Waals surface area contributed by atoms with E-state index in [-0.39, 0.29) is 5.69 Å². The molecule has 0 unspecified atom stereocenters. The van der Waals surface area contributed by atoms with E-state index in [1.165, 1.54) is 6.07 Å². The molecule has 3 heterocycles. The van der Waals surface area contributed by atoms with Crippen LogP contribution in [0.15, 0.2) is 73.1 Å². The van der Waals surface area contributed by atoms with Crippen molar-refractivity contribution in [3.05, 3.63) is 101 Å². The van der Waals surface area contributed by atoms with Crippen LogP contribution in [0.1, 0.15) is 36.6 Å². The normalized spacial score (nSPS) is 16.9. The zero-order chi connectivity index (χ0) is 25.3. The topological polar surface area (TPSA) is 45.6 Å². The van der Waals surface area contributed by atoms with Crippen molar-refractivity contribution in [1.82, 2.24) is 9.88 Å². The molecule has 182 valence electrons. The van der Waals surface area contributed by atoms with Gasteiger partial charge in [-0.3, -0.25) is 4.90 Å². The van der Waals surface area contributed by atoms with E-state index >= 15 is 0 Å². The fourth-order valence-corrected chi connectivity index (χ4v) is 4.47. The number of pyridine rings is 1. The first-order valence-electron chi connectivity index (χ1n) is 11.9. The standard InChI is InChI=1S/C30H26ClFN2O2/c1-20-15-25(19-34-13-11-30(2,35)12-14-34)36-29-10-4-21(16-26(20)29)3-9-28-27(32)17-23(18-33-28)22-5-7-24(31)8-6-22/h4-8,10,15-18,35H,1,11-14,19H2,2H3. The van der Waals surface area contributed by atoms with Gasteiger partial charge in [0.05, 0.1) is 12.1 Å². The van der Waals surface area contributed by atoms with E-state index in [4.69, 9.17) is 16.3 Å². The summed E-state index contributed by atoms with van der Waals surface area (Å²) in [6, 6.07) is 14.2. The number of ether oxygens (including phenoxy) is 1. The Morgan fingerprint density at radius 3 is 2.58 bits per heavy atom. The molecule has 0 atom stereocenters. The number of aliphatic hydroxyl groups is 1. The van der Waals surface area contributed by atoms with Crippen LogP contribution in [0, 0.1) is 17.7 Å². The molecule has 1 aromatic heterocycles. The van der Waals surface area contributed by atoms with Gasteiger partial charge in [-0.25, -0.2) is 9.37 Å². The lowest BCUT2D eigenvalue weighted by atomic mass is 9.93. The number of fused-ring (bicyclic) bond motifs is 1. The number of halogens is 2. The van der Waals surface area contributed by atoms with Crippen molar-refractivity contribution in [2.45, 2.75) is 25.4 Å². The van der Waals surface area contributed by atoms with Crippen molar-refractivity contribution in [1.29, 1.82) is 0 Å². The summed E-state index contributed by atoms with van der Waals surface area (Å²) in [6.07, 6.45) is 5.05. The van der Waals surface area contributed by atoms with E-state index in [9.17, 15) is 9.50 Å². The van der Waals surface area contributed by atoms with Gasteiger partial charge in [-0.05, 0) is 79.3 Å². The van der Waals surface area contributed by atoms with Gasteiger partial charge >= 0.3 is 0 Å². The molecule has 0 saturated carbocycles. The fraction of sp³-hybridized carbons (Fsp3) is 0.233. The average Bonchev–Trinajstić information content (AvgIpc) is 2.85. The maximum atomic E-state index is 14.7. The van der Waals surface area contributed by atoms with Crippen LogP contribution in [0.3, 0.4) is 0 Å². The second kappa shape index (κ2) is 9.91. The molecule has 0 spiro atoms. The van der Waals surface area contributed by atoms with Gasteiger partial charge in [-0.15, -0.1) is 0 Å². The van der Waals surface area contributed by atoms with Crippen molar-refractivity contribution in [3.63, 3.8) is 0 Å². The monoisotopic (exact) mass is 500 g/mol. The predicted molar refractivity (Wildman–Crippen MR) is 141 cm³/mol. The maximum Gasteiger partial charge on any atom is 0.158 e. The Kier molecular flexibility index (Phi) is 6.68. The number of piperidine rings is 1. The Labute approximate surface area is 215 Å². The zero-order valence-electron chi connectivity index (χ0n) is 20.0. The first-order valence-corrected chi connectivity index (χ1v) is 12.2. The van der Waals surface area contributed by atoms with Gasteiger partial charge in [0.25, 0.3) is 0 Å². The van der Waals surface area contributed by atoms with E-state index in [1.54, 1.807) is 18.3 Å². The molecule has 4 nitrogen and oxygen atoms in total. The third-order valence-corrected chi connectivity index (χ3v) is 6.81. The smallest absolute Gasteiger partial charge is 0.158 e. The third kappa shape index (κ3) is 5.52. The van der Waals surface area contributed by atoms with Crippen LogP contribution < -0.4 is 4.74 Å². The highest BCUT2D eigenvalue weighted by atomic mass is 35.5. The number of hydrogen-bond acceptors (Lipinski definition) is 4. The van der Waals surface area contributed by atoms with Crippen LogP contribution in [-0.2, 0) is 0 Å². The van der Waals surface area contributed by atoms with Crippen molar-refractivity contribution in [2.24, 2.45) is 0 Å². The van der Waals surface area contributed by atoms with Crippen molar-refractivity contribution in [3.8, 4) is 28.7 Å². The Balaban J connectivity index is 1.29. The van der Waals surface area contributed by atoms with Crippen LogP contribution in [0.5, 0.6) is 5.75 Å². The average molecular weight is 501 g/mol. The molecule has 2 aromatic carbocycles. The van der Waals surface area contributed by atoms with Crippen molar-refractivity contribution < 1.29 is 14.2 Å². The van der Waals surface area contributed by atoms with Crippen LogP contribution >= 0.6 is 11.6 Å². The number of benzene rings is 2. The molecule has 1 saturated heterocycles. The van der Waals surface area contributed by atoms with E-state index in [2.05, 4.69) is 28.3 Å². The molecular weight excluding hydrogens is 475 g/mol. The van der Waals surface area contributed by atoms with Crippen LogP contribution in [-0.4, -0.2) is 40.2 Å². The first-order chi connectivity index (χ1) is 17.3. The molecule has 0 radical (unpaired) electrons. The Morgan fingerprint density at radius 2 is 1.86 bits per heavy atom. The van der Waals surface area contributed by atoms with E-state index in [0.29, 0.717) is 17.1 Å². The lowest BCUT2D eigenvalue weighted by Gasteiger charge is -2.36. The Morgan fingerprint density at radius 1 is 1.11 bits per heavy atom. The number of allylic oxidation sites excluding steroid dienone is 2. The largest absolute Gasteiger partial charge is 0.460 e. The zero-order valence-corrected chi connectivity index (χ0v) is 20.8. The Hall–Kier alpha value is -3.43. The fourth-order valence-electron chi connectivity index (χ4n) is 4.34. The summed E-state index contributed by atoms with van der Waals surface area (Å²) in [5.41, 5.74) is 3.42. The van der Waals surface area contributed by atoms with E-state index < -0.39 is 11.4 Å². The van der Waals surface area contributed by atoms with Gasteiger partial charge in [0, 0.05) is 41.0 Å². The second-order valence-corrected chi connectivity index (χ2v) is 9.97. The molecule has 0 bridgehead atoms. The van der Waals surface area contributed by atoms with Gasteiger partial charge < -0.3 is 9.84 Å². The molecule has 2 aliphatic heterocycles. The molecule has 1 N–H and O–H groups in total. The minimum Gasteiger partial charge on any atom is -0.460 e. The molecule has 6 heteroatoms. The predicted octanol–water partition coefficient (Wildman–Crippen LogP) is 6.08. The van der Waals surface area contributed by atoms with Gasteiger partial charge in [-0.2, -0.15) is 0 Å². The number of hydrogen-bond donors (Lipinski definition) is 1. The van der Waals surface area contributed by atoms with E-state index in [0.717, 1.165) is 59.7 Å². The highest BCUT2D eigenvalue weighted by molar-refractivity contribution is 6.30. The minimum atomic E-state index is -0.580. The highest BCUT2D eigenvalue weighted by Gasteiger charge is 2.28. The summed E-state index contributed by atoms with van der Waals surface area (Å²) < 4.78 is 20.8. The Bertz CT molecular complexity index is 1410. The molecular formula is C30H26ClFN2O2. The summed E-state index contributed by atoms with van der Waals surface area (Å²) in [6.45, 7) is 8.41. The molecule has 0 aliphatic carbocycles. The second-order valence-electron chi connectivity index (χ2n) is 9.53. The number of nitrogens with zero attached hydrogens (tertiary/aromatic N) is 2. The molecule has 1 fully saturated rings. The molecule has 36 heavy (non-hydrogen) atoms. The molecule has 0 amide bonds. The summed E-state index contributed by atoms with van der Waals surface area (Å²) >= 11 is 5.93.